The molecule has 0 atom stereocenters. The van der Waals surface area contributed by atoms with E-state index < -0.39 is 5.97 Å². The molecule has 18 heavy (non-hydrogen) atoms. The maximum Gasteiger partial charge on any atom is 0.335 e. The number of nitrogens with zero attached hydrogens (tertiary/aromatic N) is 3. The van der Waals surface area contributed by atoms with Crippen LogP contribution in [0.5, 0.6) is 0 Å². The third-order valence-corrected chi connectivity index (χ3v) is 5.24. The Morgan fingerprint density at radius 3 is 2.67 bits per heavy atom. The number of aryl methyl sites for hydroxylation is 1. The first-order valence-electron chi connectivity index (χ1n) is 5.16. The Morgan fingerprint density at radius 1 is 1.44 bits per heavy atom. The molecule has 0 radical (unpaired) electrons. The number of aromatic nitrogens is 3. The molecule has 0 aliphatic carbocycles. The van der Waals surface area contributed by atoms with Crippen molar-refractivity contribution >= 4 is 51.2 Å². The third kappa shape index (κ3) is 2.66. The summed E-state index contributed by atoms with van der Waals surface area (Å²) in [6.45, 7) is 1.94. The number of imidazole rings is 1. The van der Waals surface area contributed by atoms with Crippen LogP contribution in [0.15, 0.2) is 18.5 Å². The minimum Gasteiger partial charge on any atom is -0.478 e. The van der Waals surface area contributed by atoms with Crippen LogP contribution >= 0.6 is 45.2 Å². The van der Waals surface area contributed by atoms with Crippen LogP contribution in [0.2, 0.25) is 0 Å². The largest absolute Gasteiger partial charge is 0.478 e. The number of halogens is 2. The van der Waals surface area contributed by atoms with Gasteiger partial charge < -0.3 is 5.11 Å². The lowest BCUT2D eigenvalue weighted by atomic mass is 10.2. The number of hydrogen-bond donors (Lipinski definition) is 1. The number of rotatable bonds is 3. The number of hydrogen-bond acceptors (Lipinski definition) is 3. The number of carboxylic acids is 1. The monoisotopic (exact) mass is 469 g/mol. The summed E-state index contributed by atoms with van der Waals surface area (Å²) < 4.78 is 3.58. The van der Waals surface area contributed by atoms with E-state index in [1.165, 1.54) is 0 Å². The molecule has 94 valence electrons. The van der Waals surface area contributed by atoms with Crippen molar-refractivity contribution < 1.29 is 9.90 Å². The topological polar surface area (TPSA) is 68.0 Å². The van der Waals surface area contributed by atoms with Crippen LogP contribution < -0.4 is 0 Å². The molecule has 0 saturated carbocycles. The van der Waals surface area contributed by atoms with Gasteiger partial charge in [-0.05, 0) is 63.7 Å². The van der Waals surface area contributed by atoms with Gasteiger partial charge in [-0.1, -0.05) is 6.92 Å². The maximum atomic E-state index is 11.1. The maximum absolute atomic E-state index is 11.1. The lowest BCUT2D eigenvalue weighted by molar-refractivity contribution is 0.0696. The Bertz CT molecular complexity index is 610. The number of aromatic carboxylic acids is 1. The van der Waals surface area contributed by atoms with Crippen molar-refractivity contribution in [3.05, 3.63) is 37.1 Å². The minimum atomic E-state index is -0.946. The second-order valence-electron chi connectivity index (χ2n) is 3.56. The second-order valence-corrected chi connectivity index (χ2v) is 5.60. The van der Waals surface area contributed by atoms with E-state index in [0.29, 0.717) is 12.2 Å². The summed E-state index contributed by atoms with van der Waals surface area (Å²) in [5.41, 5.74) is 1.00. The highest BCUT2D eigenvalue weighted by Crippen LogP contribution is 2.19. The van der Waals surface area contributed by atoms with Gasteiger partial charge in [0, 0.05) is 5.69 Å². The van der Waals surface area contributed by atoms with Crippen molar-refractivity contribution in [2.24, 2.45) is 0 Å². The van der Waals surface area contributed by atoms with Gasteiger partial charge in [-0.3, -0.25) is 4.57 Å². The Hall–Kier alpha value is -0.710. The van der Waals surface area contributed by atoms with Crippen molar-refractivity contribution in [1.29, 1.82) is 0 Å². The normalized spacial score (nSPS) is 10.6. The fourth-order valence-corrected chi connectivity index (χ4v) is 2.37. The van der Waals surface area contributed by atoms with Crippen molar-refractivity contribution in [3.8, 4) is 5.82 Å². The van der Waals surface area contributed by atoms with Gasteiger partial charge in [0.25, 0.3) is 0 Å². The zero-order valence-electron chi connectivity index (χ0n) is 9.39. The summed E-state index contributed by atoms with van der Waals surface area (Å²) in [4.78, 5) is 19.7. The minimum absolute atomic E-state index is 0.247. The first kappa shape index (κ1) is 13.7. The summed E-state index contributed by atoms with van der Waals surface area (Å²) >= 11 is 4.29. The standard InChI is InChI=1S/C11H9I2N3O2/c1-2-7-3-6(11(17)18)4-8(15-7)16-5-14-9(12)10(16)13/h3-5H,2H2,1H3,(H,17,18). The molecule has 0 spiro atoms. The predicted octanol–water partition coefficient (Wildman–Crippen LogP) is 2.74. The van der Waals surface area contributed by atoms with Crippen LogP contribution in [0.1, 0.15) is 23.0 Å². The van der Waals surface area contributed by atoms with Crippen molar-refractivity contribution in [2.75, 3.05) is 0 Å². The molecule has 5 nitrogen and oxygen atoms in total. The highest BCUT2D eigenvalue weighted by Gasteiger charge is 2.12. The van der Waals surface area contributed by atoms with Crippen LogP contribution in [-0.4, -0.2) is 25.6 Å². The van der Waals surface area contributed by atoms with E-state index in [1.54, 1.807) is 23.0 Å². The summed E-state index contributed by atoms with van der Waals surface area (Å²) in [5.74, 6) is -0.357. The van der Waals surface area contributed by atoms with Gasteiger partial charge in [-0.15, -0.1) is 0 Å². The fraction of sp³-hybridized carbons (Fsp3) is 0.182. The van der Waals surface area contributed by atoms with Crippen molar-refractivity contribution in [1.82, 2.24) is 14.5 Å². The molecular formula is C11H9I2N3O2. The van der Waals surface area contributed by atoms with Gasteiger partial charge in [0.2, 0.25) is 0 Å². The van der Waals surface area contributed by atoms with Gasteiger partial charge in [0.1, 0.15) is 19.5 Å². The van der Waals surface area contributed by atoms with Gasteiger partial charge in [-0.25, -0.2) is 14.8 Å². The second kappa shape index (κ2) is 5.51. The molecule has 0 saturated heterocycles. The Kier molecular flexibility index (Phi) is 4.20. The Labute approximate surface area is 131 Å². The van der Waals surface area contributed by atoms with E-state index in [0.717, 1.165) is 13.1 Å². The molecule has 0 amide bonds. The van der Waals surface area contributed by atoms with Crippen LogP contribution in [0, 0.1) is 7.40 Å². The SMILES string of the molecule is CCc1cc(C(=O)O)cc(-n2cnc(I)c2I)n1. The first-order valence-corrected chi connectivity index (χ1v) is 7.31. The number of carbonyl (C=O) groups is 1. The molecule has 0 aromatic carbocycles. The Balaban J connectivity index is 2.60. The molecule has 2 aromatic heterocycles. The summed E-state index contributed by atoms with van der Waals surface area (Å²) in [6, 6.07) is 3.15. The molecule has 0 unspecified atom stereocenters. The molecule has 0 aliphatic heterocycles. The molecular weight excluding hydrogens is 460 g/mol. The lowest BCUT2D eigenvalue weighted by Crippen LogP contribution is -2.06. The molecule has 2 rings (SSSR count). The molecule has 0 bridgehead atoms. The lowest BCUT2D eigenvalue weighted by Gasteiger charge is -2.07. The van der Waals surface area contributed by atoms with Gasteiger partial charge in [0.05, 0.1) is 5.56 Å². The van der Waals surface area contributed by atoms with E-state index in [2.05, 4.69) is 55.1 Å². The summed E-state index contributed by atoms with van der Waals surface area (Å²) in [5, 5.41) is 9.09. The zero-order valence-corrected chi connectivity index (χ0v) is 13.7. The van der Waals surface area contributed by atoms with Crippen LogP contribution in [0.25, 0.3) is 5.82 Å². The molecule has 0 aliphatic rings. The van der Waals surface area contributed by atoms with E-state index in [9.17, 15) is 4.79 Å². The summed E-state index contributed by atoms with van der Waals surface area (Å²) in [6.07, 6.45) is 2.34. The predicted molar refractivity (Wildman–Crippen MR) is 83.1 cm³/mol. The van der Waals surface area contributed by atoms with Gasteiger partial charge in [0.15, 0.2) is 0 Å². The summed E-state index contributed by atoms with van der Waals surface area (Å²) in [7, 11) is 0. The van der Waals surface area contributed by atoms with Crippen molar-refractivity contribution in [2.45, 2.75) is 13.3 Å². The quantitative estimate of drug-likeness (QED) is 0.703. The Morgan fingerprint density at radius 2 is 2.17 bits per heavy atom. The van der Waals surface area contributed by atoms with Crippen LogP contribution in [-0.2, 0) is 6.42 Å². The highest BCUT2D eigenvalue weighted by molar-refractivity contribution is 14.1. The van der Waals surface area contributed by atoms with E-state index >= 15 is 0 Å². The third-order valence-electron chi connectivity index (χ3n) is 2.39. The molecule has 7 heteroatoms. The average Bonchev–Trinajstić information content (AvgIpc) is 2.69. The first-order chi connectivity index (χ1) is 8.52. The molecule has 0 fully saturated rings. The van der Waals surface area contributed by atoms with Crippen LogP contribution in [0.3, 0.4) is 0 Å². The molecule has 2 heterocycles. The van der Waals surface area contributed by atoms with Gasteiger partial charge in [-0.2, -0.15) is 0 Å². The van der Waals surface area contributed by atoms with E-state index in [4.69, 9.17) is 5.11 Å². The smallest absolute Gasteiger partial charge is 0.335 e. The fourth-order valence-electron chi connectivity index (χ4n) is 1.47. The van der Waals surface area contributed by atoms with E-state index in [-0.39, 0.29) is 5.56 Å². The highest BCUT2D eigenvalue weighted by atomic mass is 127. The van der Waals surface area contributed by atoms with Crippen LogP contribution in [0.4, 0.5) is 0 Å². The number of pyridine rings is 1. The molecule has 2 aromatic rings. The van der Waals surface area contributed by atoms with E-state index in [1.807, 2.05) is 6.92 Å². The van der Waals surface area contributed by atoms with Gasteiger partial charge >= 0.3 is 5.97 Å². The average molecular weight is 469 g/mol. The molecule has 1 N–H and O–H groups in total. The number of carboxylic acid groups (broad SMARTS) is 1. The van der Waals surface area contributed by atoms with Crippen molar-refractivity contribution in [3.63, 3.8) is 0 Å². The zero-order chi connectivity index (χ0) is 13.3.